The zero-order chi connectivity index (χ0) is 49.0. The van der Waals surface area contributed by atoms with Crippen LogP contribution >= 0.6 is 0 Å². The van der Waals surface area contributed by atoms with E-state index in [4.69, 9.17) is 14.7 Å². The monoisotopic (exact) mass is 941 g/mol. The number of nitrogens with zero attached hydrogens (tertiary/aromatic N) is 5. The van der Waals surface area contributed by atoms with Gasteiger partial charge in [-0.15, -0.1) is 0 Å². The fourth-order valence-electron chi connectivity index (χ4n) is 10.8. The van der Waals surface area contributed by atoms with Gasteiger partial charge in [-0.05, 0) is 85.5 Å². The van der Waals surface area contributed by atoms with E-state index in [-0.39, 0.29) is 10.8 Å². The highest BCUT2D eigenvalue weighted by Crippen LogP contribution is 2.45. The molecule has 7 aromatic carbocycles. The summed E-state index contributed by atoms with van der Waals surface area (Å²) in [5.74, 6) is 2.27. The van der Waals surface area contributed by atoms with Crippen LogP contribution in [0.2, 0.25) is 19.6 Å². The first-order valence-corrected chi connectivity index (χ1v) is 28.4. The van der Waals surface area contributed by atoms with E-state index in [9.17, 15) is 0 Å². The van der Waals surface area contributed by atoms with E-state index < -0.39 is 8.07 Å². The molecule has 350 valence electrons. The maximum absolute atomic E-state index is 6.85. The summed E-state index contributed by atoms with van der Waals surface area (Å²) in [5.41, 5.74) is 11.6. The summed E-state index contributed by atoms with van der Waals surface area (Å²) in [4.78, 5) is 12.2. The number of anilines is 2. The Morgan fingerprint density at radius 3 is 1.82 bits per heavy atom. The van der Waals surface area contributed by atoms with Crippen LogP contribution in [0.15, 0.2) is 182 Å². The predicted molar refractivity (Wildman–Crippen MR) is 303 cm³/mol. The van der Waals surface area contributed by atoms with Crippen molar-refractivity contribution in [1.29, 1.82) is 0 Å². The average Bonchev–Trinajstić information content (AvgIpc) is 3.92. The van der Waals surface area contributed by atoms with Crippen LogP contribution in [0.25, 0.3) is 82.1 Å². The summed E-state index contributed by atoms with van der Waals surface area (Å²) >= 11 is 0. The molecule has 0 atom stereocenters. The summed E-state index contributed by atoms with van der Waals surface area (Å²) in [6, 6.07) is 60.4. The third-order valence-corrected chi connectivity index (χ3v) is 16.6. The molecule has 0 unspecified atom stereocenters. The minimum atomic E-state index is -1.73. The lowest BCUT2D eigenvalue weighted by atomic mass is 9.85. The fraction of sp³-hybridized carbons (Fsp3) is 0.188. The normalized spacial score (nSPS) is 13.1. The second-order valence-corrected chi connectivity index (χ2v) is 27.5. The first-order valence-electron chi connectivity index (χ1n) is 24.9. The van der Waals surface area contributed by atoms with Crippen molar-refractivity contribution in [3.63, 3.8) is 0 Å². The fourth-order valence-corrected chi connectivity index (χ4v) is 12.0. The molecular formula is C64H59N5OSi. The van der Waals surface area contributed by atoms with Crippen LogP contribution in [0.3, 0.4) is 0 Å². The zero-order valence-corrected chi connectivity index (χ0v) is 43.2. The van der Waals surface area contributed by atoms with E-state index >= 15 is 0 Å². The second-order valence-electron chi connectivity index (χ2n) is 22.4. The lowest BCUT2D eigenvalue weighted by Gasteiger charge is -2.26. The molecule has 4 aromatic heterocycles. The Labute approximate surface area is 417 Å². The second kappa shape index (κ2) is 16.4. The van der Waals surface area contributed by atoms with Crippen LogP contribution in [-0.2, 0) is 17.5 Å². The Balaban J connectivity index is 1.06. The quantitative estimate of drug-likeness (QED) is 0.156. The molecule has 0 aliphatic carbocycles. The summed E-state index contributed by atoms with van der Waals surface area (Å²) in [6.45, 7) is 21.7. The van der Waals surface area contributed by atoms with Gasteiger partial charge in [0.1, 0.15) is 24.0 Å². The van der Waals surface area contributed by atoms with Gasteiger partial charge in [0.2, 0.25) is 0 Å². The lowest BCUT2D eigenvalue weighted by molar-refractivity contribution is 0.481. The molecule has 0 radical (unpaired) electrons. The molecule has 0 bridgehead atoms. The van der Waals surface area contributed by atoms with Crippen LogP contribution < -0.4 is 14.8 Å². The minimum absolute atomic E-state index is 0.0241. The first kappa shape index (κ1) is 44.5. The summed E-state index contributed by atoms with van der Waals surface area (Å²) in [7, 11) is -1.73. The molecular weight excluding hydrogens is 883 g/mol. The molecule has 1 aliphatic heterocycles. The number of aromatic nitrogens is 4. The van der Waals surface area contributed by atoms with Crippen LogP contribution in [0.5, 0.6) is 11.5 Å². The number of rotatable bonds is 6. The summed E-state index contributed by atoms with van der Waals surface area (Å²) in [6.07, 6.45) is 5.71. The Morgan fingerprint density at radius 1 is 0.507 bits per heavy atom. The molecule has 1 aliphatic rings. The van der Waals surface area contributed by atoms with Crippen molar-refractivity contribution in [1.82, 2.24) is 19.1 Å². The lowest BCUT2D eigenvalue weighted by Crippen LogP contribution is -2.38. The van der Waals surface area contributed by atoms with Crippen LogP contribution in [0.1, 0.15) is 52.7 Å². The van der Waals surface area contributed by atoms with E-state index in [1.807, 2.05) is 18.6 Å². The van der Waals surface area contributed by atoms with Gasteiger partial charge in [-0.25, -0.2) is 4.98 Å². The SMILES string of the molecule is CC(C)(C)c1cc(-c2cccc3c4ccccc4c4ccccc4c4cccc5c4n(c23)CN5c2cncc(Oc3ccc4c5ccccc5n(-c5cc(C(C)(C)C)ccn5)c4c3)c2)cc([Si](C)(C)C)c1. The number of hydrogen-bond acceptors (Lipinski definition) is 4. The van der Waals surface area contributed by atoms with Gasteiger partial charge in [-0.1, -0.05) is 182 Å². The summed E-state index contributed by atoms with van der Waals surface area (Å²) < 4.78 is 11.7. The number of hydrogen-bond donors (Lipinski definition) is 0. The average molecular weight is 942 g/mol. The molecule has 0 saturated carbocycles. The van der Waals surface area contributed by atoms with Gasteiger partial charge in [0, 0.05) is 45.4 Å². The topological polar surface area (TPSA) is 48.1 Å². The minimum Gasteiger partial charge on any atom is -0.456 e. The molecule has 6 nitrogen and oxygen atoms in total. The van der Waals surface area contributed by atoms with Crippen molar-refractivity contribution in [2.45, 2.75) is 78.7 Å². The van der Waals surface area contributed by atoms with Gasteiger partial charge in [0.05, 0.1) is 53.9 Å². The van der Waals surface area contributed by atoms with E-state index in [1.54, 1.807) is 0 Å². The molecule has 0 fully saturated rings. The smallest absolute Gasteiger partial charge is 0.147 e. The maximum atomic E-state index is 6.85. The first-order chi connectivity index (χ1) is 34.1. The third-order valence-electron chi connectivity index (χ3n) is 14.6. The summed E-state index contributed by atoms with van der Waals surface area (Å²) in [5, 5.41) is 11.0. The van der Waals surface area contributed by atoms with E-state index in [0.29, 0.717) is 12.4 Å². The van der Waals surface area contributed by atoms with Crippen LogP contribution in [-0.4, -0.2) is 27.2 Å². The van der Waals surface area contributed by atoms with Gasteiger partial charge >= 0.3 is 0 Å². The van der Waals surface area contributed by atoms with Crippen LogP contribution in [0.4, 0.5) is 11.4 Å². The van der Waals surface area contributed by atoms with Crippen LogP contribution in [0, 0.1) is 0 Å². The van der Waals surface area contributed by atoms with Crippen molar-refractivity contribution in [3.05, 3.63) is 194 Å². The predicted octanol–water partition coefficient (Wildman–Crippen LogP) is 16.8. The molecule has 5 heterocycles. The standard InChI is InChI=1S/C64H59N5OSi/c1-63(2,3)42-30-31-66-60(35-42)69-57-26-15-14-22-53(57)54-29-28-45(37-59(54)69)70-46-36-44(38-65-39-46)67-40-68-61-48(41-32-43(64(4,5)6)34-47(33-41)71(7,8)9)23-16-24-55(61)51-20-12-10-18-49(51)50-19-11-13-21-52(50)56-25-17-27-58(67)62(56)68/h10-39H,40H2,1-9H3. The number of ether oxygens (including phenoxy) is 1. The zero-order valence-electron chi connectivity index (χ0n) is 42.2. The highest BCUT2D eigenvalue weighted by Gasteiger charge is 2.28. The molecule has 0 saturated heterocycles. The Morgan fingerprint density at radius 2 is 1.13 bits per heavy atom. The molecule has 0 spiro atoms. The van der Waals surface area contributed by atoms with Gasteiger partial charge in [-0.2, -0.15) is 0 Å². The Hall–Kier alpha value is -7.74. The van der Waals surface area contributed by atoms with Gasteiger partial charge < -0.3 is 14.2 Å². The molecule has 0 N–H and O–H groups in total. The van der Waals surface area contributed by atoms with E-state index in [2.05, 4.69) is 239 Å². The van der Waals surface area contributed by atoms with Crippen molar-refractivity contribution in [2.75, 3.05) is 4.90 Å². The molecule has 0 amide bonds. The van der Waals surface area contributed by atoms with Crippen molar-refractivity contribution in [3.8, 4) is 28.4 Å². The number of benzene rings is 7. The molecule has 71 heavy (non-hydrogen) atoms. The third kappa shape index (κ3) is 7.62. The van der Waals surface area contributed by atoms with Gasteiger partial charge in [-0.3, -0.25) is 9.55 Å². The highest BCUT2D eigenvalue weighted by molar-refractivity contribution is 6.88. The van der Waals surface area contributed by atoms with Gasteiger partial charge in [0.15, 0.2) is 0 Å². The molecule has 12 rings (SSSR count). The maximum Gasteiger partial charge on any atom is 0.147 e. The number of fused-ring (bicyclic) bond motifs is 10. The van der Waals surface area contributed by atoms with Crippen molar-refractivity contribution in [2.24, 2.45) is 0 Å². The number of para-hydroxylation sites is 3. The van der Waals surface area contributed by atoms with E-state index in [0.717, 1.165) is 39.4 Å². The molecule has 7 heteroatoms. The van der Waals surface area contributed by atoms with Crippen molar-refractivity contribution < 1.29 is 4.74 Å². The molecule has 11 aromatic rings. The van der Waals surface area contributed by atoms with Gasteiger partial charge in [0.25, 0.3) is 0 Å². The number of pyridine rings is 2. The largest absolute Gasteiger partial charge is 0.456 e. The van der Waals surface area contributed by atoms with E-state index in [1.165, 1.54) is 76.2 Å². The van der Waals surface area contributed by atoms with Crippen molar-refractivity contribution >= 4 is 89.8 Å². The Bertz CT molecular complexity index is 4000. The highest BCUT2D eigenvalue weighted by atomic mass is 28.3. The Kier molecular flexibility index (Phi) is 10.3.